The lowest BCUT2D eigenvalue weighted by Crippen LogP contribution is -2.40. The Hall–Kier alpha value is -3.06. The smallest absolute Gasteiger partial charge is 0.338 e. The van der Waals surface area contributed by atoms with Crippen LogP contribution in [0.4, 0.5) is 0 Å². The fraction of sp³-hybridized carbons (Fsp3) is 0.250. The van der Waals surface area contributed by atoms with Gasteiger partial charge in [0, 0.05) is 18.7 Å². The fourth-order valence-electron chi connectivity index (χ4n) is 2.76. The van der Waals surface area contributed by atoms with E-state index in [1.807, 2.05) is 6.07 Å². The van der Waals surface area contributed by atoms with Crippen LogP contribution in [0.3, 0.4) is 0 Å². The monoisotopic (exact) mass is 414 g/mol. The summed E-state index contributed by atoms with van der Waals surface area (Å²) < 4.78 is 36.7. The number of carbonyl (C=O) groups excluding carboxylic acids is 2. The zero-order valence-corrected chi connectivity index (χ0v) is 16.2. The number of sulfonamides is 1. The van der Waals surface area contributed by atoms with Gasteiger partial charge < -0.3 is 9.47 Å². The maximum atomic E-state index is 12.6. The van der Waals surface area contributed by atoms with E-state index < -0.39 is 28.4 Å². The first-order valence-electron chi connectivity index (χ1n) is 8.80. The number of ether oxygens (including phenoxy) is 2. The summed E-state index contributed by atoms with van der Waals surface area (Å²) >= 11 is 0. The molecule has 0 atom stereocenters. The number of benzene rings is 2. The predicted molar refractivity (Wildman–Crippen MR) is 102 cm³/mol. The Balaban J connectivity index is 1.63. The third-order valence-electron chi connectivity index (χ3n) is 4.35. The van der Waals surface area contributed by atoms with Crippen LogP contribution < -0.4 is 0 Å². The molecule has 0 saturated carbocycles. The van der Waals surface area contributed by atoms with Crippen LogP contribution in [-0.2, 0) is 19.5 Å². The number of rotatable bonds is 6. The molecule has 0 spiro atoms. The van der Waals surface area contributed by atoms with Crippen molar-refractivity contribution < 1.29 is 27.5 Å². The van der Waals surface area contributed by atoms with Crippen LogP contribution >= 0.6 is 0 Å². The lowest BCUT2D eigenvalue weighted by molar-refractivity contribution is 0.0474. The van der Waals surface area contributed by atoms with Crippen molar-refractivity contribution in [2.24, 2.45) is 0 Å². The average Bonchev–Trinajstić information content (AvgIpc) is 2.78. The molecule has 1 aliphatic heterocycles. The highest BCUT2D eigenvalue weighted by Gasteiger charge is 2.26. The second-order valence-electron chi connectivity index (χ2n) is 6.23. The highest BCUT2D eigenvalue weighted by molar-refractivity contribution is 7.89. The van der Waals surface area contributed by atoms with Gasteiger partial charge in [-0.25, -0.2) is 13.2 Å². The number of Topliss-reactive ketones (excluding diaryl/α,β-unsaturated/α-hetero) is 1. The molecule has 1 saturated heterocycles. The van der Waals surface area contributed by atoms with E-state index in [-0.39, 0.29) is 29.1 Å². The van der Waals surface area contributed by atoms with Gasteiger partial charge in [-0.2, -0.15) is 9.57 Å². The van der Waals surface area contributed by atoms with E-state index in [4.69, 9.17) is 14.7 Å². The molecule has 0 radical (unpaired) electrons. The summed E-state index contributed by atoms with van der Waals surface area (Å²) in [6, 6.07) is 13.4. The molecule has 0 bridgehead atoms. The molecule has 2 aromatic rings. The summed E-state index contributed by atoms with van der Waals surface area (Å²) in [6.45, 7) is 0.764. The number of hydrogen-bond donors (Lipinski definition) is 0. The third-order valence-corrected chi connectivity index (χ3v) is 6.26. The van der Waals surface area contributed by atoms with Crippen molar-refractivity contribution in [2.45, 2.75) is 4.90 Å². The predicted octanol–water partition coefficient (Wildman–Crippen LogP) is 1.62. The van der Waals surface area contributed by atoms with E-state index in [9.17, 15) is 18.0 Å². The molecule has 0 unspecified atom stereocenters. The van der Waals surface area contributed by atoms with Crippen molar-refractivity contribution in [2.75, 3.05) is 32.9 Å². The van der Waals surface area contributed by atoms with Gasteiger partial charge in [-0.3, -0.25) is 4.79 Å². The number of morpholine rings is 1. The zero-order chi connectivity index (χ0) is 20.9. The molecule has 3 rings (SSSR count). The SMILES string of the molecule is N#Cc1cccc(C(=O)OCC(=O)c2ccc(S(=O)(=O)N3CCOCC3)cc2)c1. The molecule has 0 amide bonds. The van der Waals surface area contributed by atoms with Crippen molar-refractivity contribution in [3.63, 3.8) is 0 Å². The van der Waals surface area contributed by atoms with Crippen molar-refractivity contribution in [1.82, 2.24) is 4.31 Å². The Kier molecular flexibility index (Phi) is 6.39. The molecule has 0 aromatic heterocycles. The van der Waals surface area contributed by atoms with Crippen LogP contribution in [0.15, 0.2) is 53.4 Å². The minimum Gasteiger partial charge on any atom is -0.454 e. The Bertz CT molecular complexity index is 1050. The largest absolute Gasteiger partial charge is 0.454 e. The normalized spacial score (nSPS) is 14.7. The molecule has 9 heteroatoms. The van der Waals surface area contributed by atoms with E-state index in [0.29, 0.717) is 18.8 Å². The second-order valence-corrected chi connectivity index (χ2v) is 8.17. The van der Waals surface area contributed by atoms with Crippen molar-refractivity contribution in [1.29, 1.82) is 5.26 Å². The van der Waals surface area contributed by atoms with Crippen LogP contribution in [0.5, 0.6) is 0 Å². The van der Waals surface area contributed by atoms with E-state index in [0.717, 1.165) is 0 Å². The van der Waals surface area contributed by atoms with Crippen molar-refractivity contribution in [3.05, 3.63) is 65.2 Å². The van der Waals surface area contributed by atoms with Gasteiger partial charge in [-0.05, 0) is 42.5 Å². The standard InChI is InChI=1S/C20H18N2O6S/c21-13-15-2-1-3-17(12-15)20(24)28-14-19(23)16-4-6-18(7-5-16)29(25,26)22-8-10-27-11-9-22/h1-7,12H,8-11,14H2. The van der Waals surface area contributed by atoms with Crippen LogP contribution in [0, 0.1) is 11.3 Å². The average molecular weight is 414 g/mol. The van der Waals surface area contributed by atoms with Crippen LogP contribution in [0.2, 0.25) is 0 Å². The number of esters is 1. The number of hydrogen-bond acceptors (Lipinski definition) is 7. The molecule has 150 valence electrons. The van der Waals surface area contributed by atoms with Gasteiger partial charge in [0.25, 0.3) is 0 Å². The van der Waals surface area contributed by atoms with Gasteiger partial charge in [0.05, 0.1) is 35.3 Å². The molecular weight excluding hydrogens is 396 g/mol. The van der Waals surface area contributed by atoms with Crippen molar-refractivity contribution >= 4 is 21.8 Å². The summed E-state index contributed by atoms with van der Waals surface area (Å²) in [7, 11) is -3.64. The first-order valence-corrected chi connectivity index (χ1v) is 10.2. The van der Waals surface area contributed by atoms with Crippen molar-refractivity contribution in [3.8, 4) is 6.07 Å². The first-order chi connectivity index (χ1) is 13.9. The lowest BCUT2D eigenvalue weighted by atomic mass is 10.1. The van der Waals surface area contributed by atoms with E-state index >= 15 is 0 Å². The van der Waals surface area contributed by atoms with E-state index in [1.165, 1.54) is 40.7 Å². The number of ketones is 1. The minimum absolute atomic E-state index is 0.0845. The fourth-order valence-corrected chi connectivity index (χ4v) is 4.17. The van der Waals surface area contributed by atoms with Crippen LogP contribution in [0.1, 0.15) is 26.3 Å². The topological polar surface area (TPSA) is 114 Å². The zero-order valence-electron chi connectivity index (χ0n) is 15.4. The summed E-state index contributed by atoms with van der Waals surface area (Å²) in [5.74, 6) is -1.19. The van der Waals surface area contributed by atoms with Gasteiger partial charge in [0.1, 0.15) is 0 Å². The molecule has 0 aliphatic carbocycles. The van der Waals surface area contributed by atoms with Crippen LogP contribution in [-0.4, -0.2) is 57.4 Å². The summed E-state index contributed by atoms with van der Waals surface area (Å²) in [5, 5.41) is 8.87. The molecule has 0 N–H and O–H groups in total. The number of nitrogens with zero attached hydrogens (tertiary/aromatic N) is 2. The minimum atomic E-state index is -3.64. The summed E-state index contributed by atoms with van der Waals surface area (Å²) in [4.78, 5) is 24.4. The number of nitriles is 1. The molecule has 1 aliphatic rings. The van der Waals surface area contributed by atoms with Gasteiger partial charge in [0.2, 0.25) is 10.0 Å². The van der Waals surface area contributed by atoms with Gasteiger partial charge in [0.15, 0.2) is 12.4 Å². The summed E-state index contributed by atoms with van der Waals surface area (Å²) in [6.07, 6.45) is 0. The highest BCUT2D eigenvalue weighted by atomic mass is 32.2. The van der Waals surface area contributed by atoms with Gasteiger partial charge >= 0.3 is 5.97 Å². The Labute approximate surface area is 168 Å². The maximum Gasteiger partial charge on any atom is 0.338 e. The quantitative estimate of drug-likeness (QED) is 0.521. The summed E-state index contributed by atoms with van der Waals surface area (Å²) in [5.41, 5.74) is 0.705. The van der Waals surface area contributed by atoms with Gasteiger partial charge in [-0.15, -0.1) is 0 Å². The maximum absolute atomic E-state index is 12.6. The lowest BCUT2D eigenvalue weighted by Gasteiger charge is -2.26. The molecule has 29 heavy (non-hydrogen) atoms. The molecule has 8 nitrogen and oxygen atoms in total. The molecule has 1 fully saturated rings. The Morgan fingerprint density at radius 1 is 1.07 bits per heavy atom. The Morgan fingerprint density at radius 3 is 2.41 bits per heavy atom. The second kappa shape index (κ2) is 8.96. The third kappa shape index (κ3) is 4.86. The van der Waals surface area contributed by atoms with E-state index in [1.54, 1.807) is 12.1 Å². The number of carbonyl (C=O) groups is 2. The first kappa shape index (κ1) is 20.7. The molecular formula is C20H18N2O6S. The van der Waals surface area contributed by atoms with E-state index in [2.05, 4.69) is 0 Å². The highest BCUT2D eigenvalue weighted by Crippen LogP contribution is 2.18. The molecule has 1 heterocycles. The van der Waals surface area contributed by atoms with Gasteiger partial charge in [-0.1, -0.05) is 6.07 Å². The Morgan fingerprint density at radius 2 is 1.76 bits per heavy atom. The molecule has 2 aromatic carbocycles. The van der Waals surface area contributed by atoms with Crippen LogP contribution in [0.25, 0.3) is 0 Å².